The first-order chi connectivity index (χ1) is 7.86. The monoisotopic (exact) mass is 236 g/mol. The minimum absolute atomic E-state index is 0.607. The lowest BCUT2D eigenvalue weighted by atomic mass is 10.7. The van der Waals surface area contributed by atoms with Crippen molar-refractivity contribution in [3.63, 3.8) is 0 Å². The smallest absolute Gasteiger partial charge is 0.225 e. The molecule has 84 valence electrons. The fourth-order valence-electron chi connectivity index (χ4n) is 1.13. The average molecular weight is 236 g/mol. The van der Waals surface area contributed by atoms with Crippen molar-refractivity contribution in [2.75, 3.05) is 17.6 Å². The van der Waals surface area contributed by atoms with E-state index < -0.39 is 0 Å². The van der Waals surface area contributed by atoms with Crippen LogP contribution in [0.3, 0.4) is 0 Å². The fourth-order valence-corrected chi connectivity index (χ4v) is 1.91. The average Bonchev–Trinajstić information content (AvgIpc) is 2.72. The summed E-state index contributed by atoms with van der Waals surface area (Å²) in [6, 6.07) is 0. The van der Waals surface area contributed by atoms with Gasteiger partial charge in [0.15, 0.2) is 5.16 Å². The molecule has 7 heteroatoms. The SMILES string of the molecule is Cn1ccnc1SCCNc1ncncn1. The highest BCUT2D eigenvalue weighted by Gasteiger charge is 1.99. The summed E-state index contributed by atoms with van der Waals surface area (Å²) in [4.78, 5) is 15.9. The Labute approximate surface area is 97.6 Å². The standard InChI is InChI=1S/C9H12N6S/c1-15-4-2-12-9(15)16-5-3-11-8-13-6-10-7-14-8/h2,4,6-7H,3,5H2,1H3,(H,10,11,13,14). The van der Waals surface area contributed by atoms with Crippen molar-refractivity contribution < 1.29 is 0 Å². The molecule has 0 saturated heterocycles. The highest BCUT2D eigenvalue weighted by Crippen LogP contribution is 2.13. The van der Waals surface area contributed by atoms with Gasteiger partial charge in [0.05, 0.1) is 0 Å². The zero-order valence-electron chi connectivity index (χ0n) is 8.87. The van der Waals surface area contributed by atoms with Crippen LogP contribution in [0.15, 0.2) is 30.2 Å². The molecule has 2 aromatic heterocycles. The lowest BCUT2D eigenvalue weighted by Gasteiger charge is -2.03. The summed E-state index contributed by atoms with van der Waals surface area (Å²) < 4.78 is 1.99. The van der Waals surface area contributed by atoms with Crippen molar-refractivity contribution in [1.82, 2.24) is 24.5 Å². The van der Waals surface area contributed by atoms with E-state index in [-0.39, 0.29) is 0 Å². The van der Waals surface area contributed by atoms with Gasteiger partial charge < -0.3 is 9.88 Å². The Kier molecular flexibility index (Phi) is 3.71. The second-order valence-corrected chi connectivity index (χ2v) is 4.12. The highest BCUT2D eigenvalue weighted by molar-refractivity contribution is 7.99. The first kappa shape index (κ1) is 10.9. The van der Waals surface area contributed by atoms with Crippen LogP contribution >= 0.6 is 11.8 Å². The van der Waals surface area contributed by atoms with Crippen molar-refractivity contribution in [2.45, 2.75) is 5.16 Å². The van der Waals surface area contributed by atoms with E-state index in [1.165, 1.54) is 12.7 Å². The Morgan fingerprint density at radius 2 is 2.12 bits per heavy atom. The number of nitrogens with one attached hydrogen (secondary N) is 1. The summed E-state index contributed by atoms with van der Waals surface area (Å²) >= 11 is 1.69. The quantitative estimate of drug-likeness (QED) is 0.612. The van der Waals surface area contributed by atoms with Crippen LogP contribution in [-0.4, -0.2) is 36.8 Å². The second kappa shape index (κ2) is 5.45. The number of aryl methyl sites for hydroxylation is 1. The lowest BCUT2D eigenvalue weighted by Crippen LogP contribution is -2.07. The van der Waals surface area contributed by atoms with Gasteiger partial charge in [0.25, 0.3) is 0 Å². The minimum Gasteiger partial charge on any atom is -0.353 e. The zero-order chi connectivity index (χ0) is 11.2. The van der Waals surface area contributed by atoms with E-state index in [1.54, 1.807) is 18.0 Å². The van der Waals surface area contributed by atoms with Gasteiger partial charge in [0.2, 0.25) is 5.95 Å². The predicted octanol–water partition coefficient (Wildman–Crippen LogP) is 0.809. The molecular formula is C9H12N6S. The Hall–Kier alpha value is -1.63. The van der Waals surface area contributed by atoms with Crippen LogP contribution in [0.1, 0.15) is 0 Å². The van der Waals surface area contributed by atoms with Gasteiger partial charge in [-0.2, -0.15) is 0 Å². The Morgan fingerprint density at radius 3 is 2.81 bits per heavy atom. The third-order valence-corrected chi connectivity index (χ3v) is 2.95. The molecule has 0 unspecified atom stereocenters. The molecule has 2 heterocycles. The second-order valence-electron chi connectivity index (χ2n) is 3.06. The molecule has 0 fully saturated rings. The molecule has 0 radical (unpaired) electrons. The van der Waals surface area contributed by atoms with Gasteiger partial charge in [-0.25, -0.2) is 19.9 Å². The van der Waals surface area contributed by atoms with Gasteiger partial charge in [-0.1, -0.05) is 11.8 Å². The number of aromatic nitrogens is 5. The summed E-state index contributed by atoms with van der Waals surface area (Å²) in [5.74, 6) is 1.52. The lowest BCUT2D eigenvalue weighted by molar-refractivity contribution is 0.790. The molecule has 0 spiro atoms. The molecule has 0 amide bonds. The van der Waals surface area contributed by atoms with Gasteiger partial charge in [0.1, 0.15) is 12.7 Å². The number of nitrogens with zero attached hydrogens (tertiary/aromatic N) is 5. The maximum Gasteiger partial charge on any atom is 0.225 e. The maximum atomic E-state index is 4.22. The van der Waals surface area contributed by atoms with E-state index in [0.29, 0.717) is 5.95 Å². The molecule has 0 aliphatic rings. The molecular weight excluding hydrogens is 224 g/mol. The van der Waals surface area contributed by atoms with E-state index in [9.17, 15) is 0 Å². The van der Waals surface area contributed by atoms with Crippen molar-refractivity contribution >= 4 is 17.7 Å². The van der Waals surface area contributed by atoms with Crippen LogP contribution in [0.2, 0.25) is 0 Å². The van der Waals surface area contributed by atoms with Crippen LogP contribution in [0.5, 0.6) is 0 Å². The molecule has 0 saturated carbocycles. The van der Waals surface area contributed by atoms with Gasteiger partial charge in [-0.3, -0.25) is 0 Å². The number of anilines is 1. The summed E-state index contributed by atoms with van der Waals surface area (Å²) in [6.45, 7) is 0.793. The number of thioether (sulfide) groups is 1. The van der Waals surface area contributed by atoms with E-state index in [2.05, 4.69) is 25.3 Å². The number of hydrogen-bond donors (Lipinski definition) is 1. The van der Waals surface area contributed by atoms with Gasteiger partial charge in [-0.05, 0) is 0 Å². The normalized spacial score (nSPS) is 10.3. The predicted molar refractivity (Wildman–Crippen MR) is 62.2 cm³/mol. The summed E-state index contributed by atoms with van der Waals surface area (Å²) in [7, 11) is 1.98. The number of rotatable bonds is 5. The third kappa shape index (κ3) is 2.93. The number of hydrogen-bond acceptors (Lipinski definition) is 6. The Bertz CT molecular complexity index is 429. The van der Waals surface area contributed by atoms with Gasteiger partial charge in [0, 0.05) is 31.7 Å². The first-order valence-corrected chi connectivity index (χ1v) is 5.81. The first-order valence-electron chi connectivity index (χ1n) is 4.82. The molecule has 1 N–H and O–H groups in total. The molecule has 0 aromatic carbocycles. The minimum atomic E-state index is 0.607. The molecule has 2 rings (SSSR count). The van der Waals surface area contributed by atoms with Crippen LogP contribution < -0.4 is 5.32 Å². The van der Waals surface area contributed by atoms with E-state index >= 15 is 0 Å². The molecule has 6 nitrogen and oxygen atoms in total. The van der Waals surface area contributed by atoms with Crippen LogP contribution in [0.4, 0.5) is 5.95 Å². The summed E-state index contributed by atoms with van der Waals surface area (Å²) in [5, 5.41) is 4.12. The van der Waals surface area contributed by atoms with Gasteiger partial charge >= 0.3 is 0 Å². The molecule has 16 heavy (non-hydrogen) atoms. The Morgan fingerprint density at radius 1 is 1.31 bits per heavy atom. The van der Waals surface area contributed by atoms with Gasteiger partial charge in [-0.15, -0.1) is 0 Å². The van der Waals surface area contributed by atoms with Crippen molar-refractivity contribution in [3.8, 4) is 0 Å². The van der Waals surface area contributed by atoms with E-state index in [4.69, 9.17) is 0 Å². The van der Waals surface area contributed by atoms with Crippen LogP contribution in [-0.2, 0) is 7.05 Å². The van der Waals surface area contributed by atoms with Crippen LogP contribution in [0, 0.1) is 0 Å². The topological polar surface area (TPSA) is 68.5 Å². The zero-order valence-corrected chi connectivity index (χ0v) is 9.68. The molecule has 0 bridgehead atoms. The van der Waals surface area contributed by atoms with E-state index in [0.717, 1.165) is 17.5 Å². The van der Waals surface area contributed by atoms with E-state index in [1.807, 2.05) is 17.8 Å². The van der Waals surface area contributed by atoms with Crippen molar-refractivity contribution in [1.29, 1.82) is 0 Å². The molecule has 0 aliphatic carbocycles. The fraction of sp³-hybridized carbons (Fsp3) is 0.333. The molecule has 0 atom stereocenters. The third-order valence-electron chi connectivity index (χ3n) is 1.89. The highest BCUT2D eigenvalue weighted by atomic mass is 32.2. The number of imidazole rings is 1. The molecule has 2 aromatic rings. The van der Waals surface area contributed by atoms with Crippen molar-refractivity contribution in [2.24, 2.45) is 7.05 Å². The maximum absolute atomic E-state index is 4.22. The summed E-state index contributed by atoms with van der Waals surface area (Å²) in [5.41, 5.74) is 0. The van der Waals surface area contributed by atoms with Crippen LogP contribution in [0.25, 0.3) is 0 Å². The Balaban J connectivity index is 1.72. The van der Waals surface area contributed by atoms with Crippen molar-refractivity contribution in [3.05, 3.63) is 25.0 Å². The largest absolute Gasteiger partial charge is 0.353 e. The molecule has 0 aliphatic heterocycles. The summed E-state index contributed by atoms with van der Waals surface area (Å²) in [6.07, 6.45) is 6.67.